The van der Waals surface area contributed by atoms with Crippen molar-refractivity contribution < 1.29 is 13.2 Å². The summed E-state index contributed by atoms with van der Waals surface area (Å²) in [5.74, 6) is 0.235. The molecule has 0 aromatic heterocycles. The summed E-state index contributed by atoms with van der Waals surface area (Å²) in [7, 11) is -3.16. The molecule has 5 nitrogen and oxygen atoms in total. The van der Waals surface area contributed by atoms with Crippen molar-refractivity contribution in [3.63, 3.8) is 0 Å². The van der Waals surface area contributed by atoms with Crippen molar-refractivity contribution in [3.05, 3.63) is 0 Å². The molecule has 3 fully saturated rings. The predicted molar refractivity (Wildman–Crippen MR) is 82.7 cm³/mol. The molecule has 1 N–H and O–H groups in total. The molecule has 1 aliphatic heterocycles. The first-order valence-corrected chi connectivity index (χ1v) is 10.0. The smallest absolute Gasteiger partial charge is 0.213 e. The number of ether oxygens (including phenoxy) is 1. The van der Waals surface area contributed by atoms with Crippen molar-refractivity contribution in [2.24, 2.45) is 5.41 Å². The monoisotopic (exact) mass is 316 g/mol. The van der Waals surface area contributed by atoms with Gasteiger partial charge in [0.1, 0.15) is 0 Å². The van der Waals surface area contributed by atoms with Gasteiger partial charge in [-0.25, -0.2) is 13.1 Å². The Hall–Kier alpha value is -0.170. The molecule has 21 heavy (non-hydrogen) atoms. The van der Waals surface area contributed by atoms with Gasteiger partial charge < -0.3 is 9.64 Å². The molecule has 0 aromatic rings. The third kappa shape index (κ3) is 3.14. The summed E-state index contributed by atoms with van der Waals surface area (Å²) in [5.41, 5.74) is 0.108. The number of hydrogen-bond donors (Lipinski definition) is 1. The van der Waals surface area contributed by atoms with E-state index in [0.717, 1.165) is 39.0 Å². The van der Waals surface area contributed by atoms with Gasteiger partial charge >= 0.3 is 0 Å². The highest BCUT2D eigenvalue weighted by Crippen LogP contribution is 2.57. The summed E-state index contributed by atoms with van der Waals surface area (Å²) in [5, 5.41) is 0. The Morgan fingerprint density at radius 3 is 2.52 bits per heavy atom. The average molecular weight is 316 g/mol. The fourth-order valence-corrected chi connectivity index (χ4v) is 5.52. The number of nitrogens with one attached hydrogen (secondary N) is 1. The van der Waals surface area contributed by atoms with Crippen LogP contribution in [0.5, 0.6) is 0 Å². The van der Waals surface area contributed by atoms with Crippen LogP contribution in [0.1, 0.15) is 45.4 Å². The van der Waals surface area contributed by atoms with Crippen molar-refractivity contribution in [3.8, 4) is 0 Å². The van der Waals surface area contributed by atoms with Gasteiger partial charge in [0.25, 0.3) is 0 Å². The maximum absolute atomic E-state index is 12.3. The van der Waals surface area contributed by atoms with E-state index in [9.17, 15) is 8.42 Å². The number of likely N-dealkylation sites (tertiary alicyclic amines) is 1. The van der Waals surface area contributed by atoms with Crippen LogP contribution in [0.4, 0.5) is 0 Å². The van der Waals surface area contributed by atoms with Gasteiger partial charge in [0.15, 0.2) is 0 Å². The number of sulfonamides is 1. The third-order valence-corrected chi connectivity index (χ3v) is 7.00. The average Bonchev–Trinajstić information content (AvgIpc) is 2.86. The molecule has 1 spiro atoms. The van der Waals surface area contributed by atoms with E-state index < -0.39 is 10.0 Å². The minimum atomic E-state index is -3.16. The molecule has 3 rings (SSSR count). The molecule has 2 aliphatic carbocycles. The first kappa shape index (κ1) is 15.7. The van der Waals surface area contributed by atoms with E-state index in [1.165, 1.54) is 19.3 Å². The van der Waals surface area contributed by atoms with Gasteiger partial charge in [-0.05, 0) is 52.1 Å². The summed E-state index contributed by atoms with van der Waals surface area (Å²) in [4.78, 5) is 2.25. The SMILES string of the molecule is CCO[C@H]1C[C@H](NS(=O)(=O)CCN2CCCC2)C12CCC2. The molecule has 0 bridgehead atoms. The van der Waals surface area contributed by atoms with E-state index in [1.807, 2.05) is 6.92 Å². The lowest BCUT2D eigenvalue weighted by atomic mass is 9.51. The van der Waals surface area contributed by atoms with Crippen LogP contribution in [0.25, 0.3) is 0 Å². The highest BCUT2D eigenvalue weighted by atomic mass is 32.2. The normalized spacial score (nSPS) is 32.0. The van der Waals surface area contributed by atoms with Crippen LogP contribution in [-0.2, 0) is 14.8 Å². The van der Waals surface area contributed by atoms with E-state index in [0.29, 0.717) is 6.54 Å². The lowest BCUT2D eigenvalue weighted by Gasteiger charge is -2.60. The van der Waals surface area contributed by atoms with Gasteiger partial charge in [-0.2, -0.15) is 0 Å². The summed E-state index contributed by atoms with van der Waals surface area (Å²) in [6.07, 6.45) is 6.94. The predicted octanol–water partition coefficient (Wildman–Crippen LogP) is 1.35. The van der Waals surface area contributed by atoms with Crippen LogP contribution in [0.15, 0.2) is 0 Å². The molecule has 3 aliphatic rings. The summed E-state index contributed by atoms with van der Waals surface area (Å²) in [6.45, 7) is 5.51. The zero-order valence-corrected chi connectivity index (χ0v) is 13.8. The van der Waals surface area contributed by atoms with Gasteiger partial charge in [-0.15, -0.1) is 0 Å². The lowest BCUT2D eigenvalue weighted by molar-refractivity contribution is -0.167. The quantitative estimate of drug-likeness (QED) is 0.770. The number of hydrogen-bond acceptors (Lipinski definition) is 4. The number of rotatable bonds is 7. The largest absolute Gasteiger partial charge is 0.378 e. The first-order valence-electron chi connectivity index (χ1n) is 8.40. The second-order valence-electron chi connectivity index (χ2n) is 6.80. The third-order valence-electron chi connectivity index (χ3n) is 5.63. The van der Waals surface area contributed by atoms with E-state index in [1.54, 1.807) is 0 Å². The van der Waals surface area contributed by atoms with Crippen molar-refractivity contribution in [1.29, 1.82) is 0 Å². The fourth-order valence-electron chi connectivity index (χ4n) is 4.13. The molecule has 0 radical (unpaired) electrons. The minimum Gasteiger partial charge on any atom is -0.378 e. The van der Waals surface area contributed by atoms with Crippen LogP contribution in [0, 0.1) is 5.41 Å². The molecule has 2 atom stereocenters. The van der Waals surface area contributed by atoms with E-state index in [4.69, 9.17) is 4.74 Å². The van der Waals surface area contributed by atoms with Crippen molar-refractivity contribution >= 4 is 10.0 Å². The van der Waals surface area contributed by atoms with Crippen LogP contribution in [-0.4, -0.2) is 57.5 Å². The standard InChI is InChI=1S/C15H28N2O3S/c1-2-20-14-12-13(15(14)6-5-7-15)16-21(18,19)11-10-17-8-3-4-9-17/h13-14,16H,2-12H2,1H3/t13-,14-/m0/s1. The molecule has 1 saturated heterocycles. The Balaban J connectivity index is 1.51. The van der Waals surface area contributed by atoms with Crippen molar-refractivity contribution in [2.75, 3.05) is 32.0 Å². The van der Waals surface area contributed by atoms with Crippen LogP contribution in [0.3, 0.4) is 0 Å². The summed E-state index contributed by atoms with van der Waals surface area (Å²) in [6, 6.07) is 0.103. The van der Waals surface area contributed by atoms with E-state index in [2.05, 4.69) is 9.62 Å². The molecular weight excluding hydrogens is 288 g/mol. The molecule has 0 amide bonds. The zero-order valence-electron chi connectivity index (χ0n) is 13.0. The Labute approximate surface area is 128 Å². The maximum Gasteiger partial charge on any atom is 0.213 e. The second kappa shape index (κ2) is 6.14. The van der Waals surface area contributed by atoms with Gasteiger partial charge in [0, 0.05) is 24.6 Å². The molecule has 1 heterocycles. The van der Waals surface area contributed by atoms with Crippen LogP contribution >= 0.6 is 0 Å². The van der Waals surface area contributed by atoms with Crippen molar-refractivity contribution in [2.45, 2.75) is 57.6 Å². The lowest BCUT2D eigenvalue weighted by Crippen LogP contribution is -2.67. The van der Waals surface area contributed by atoms with Crippen LogP contribution < -0.4 is 4.72 Å². The molecular formula is C15H28N2O3S. The van der Waals surface area contributed by atoms with E-state index in [-0.39, 0.29) is 23.3 Å². The minimum absolute atomic E-state index is 0.103. The topological polar surface area (TPSA) is 58.6 Å². The Bertz CT molecular complexity index is 456. The highest BCUT2D eigenvalue weighted by Gasteiger charge is 2.59. The Morgan fingerprint density at radius 2 is 1.95 bits per heavy atom. The first-order chi connectivity index (χ1) is 10.1. The number of nitrogens with zero attached hydrogens (tertiary/aromatic N) is 1. The van der Waals surface area contributed by atoms with Gasteiger partial charge in [-0.3, -0.25) is 0 Å². The highest BCUT2D eigenvalue weighted by molar-refractivity contribution is 7.89. The summed E-state index contributed by atoms with van der Waals surface area (Å²) >= 11 is 0. The molecule has 6 heteroatoms. The molecule has 0 aromatic carbocycles. The van der Waals surface area contributed by atoms with Gasteiger partial charge in [0.2, 0.25) is 10.0 Å². The second-order valence-corrected chi connectivity index (χ2v) is 8.68. The summed E-state index contributed by atoms with van der Waals surface area (Å²) < 4.78 is 33.4. The fraction of sp³-hybridized carbons (Fsp3) is 1.00. The van der Waals surface area contributed by atoms with Crippen molar-refractivity contribution in [1.82, 2.24) is 9.62 Å². The molecule has 0 unspecified atom stereocenters. The Morgan fingerprint density at radius 1 is 1.24 bits per heavy atom. The van der Waals surface area contributed by atoms with E-state index >= 15 is 0 Å². The maximum atomic E-state index is 12.3. The van der Waals surface area contributed by atoms with Crippen LogP contribution in [0.2, 0.25) is 0 Å². The Kier molecular flexibility index (Phi) is 4.60. The van der Waals surface area contributed by atoms with Gasteiger partial charge in [0.05, 0.1) is 11.9 Å². The molecule has 122 valence electrons. The van der Waals surface area contributed by atoms with Gasteiger partial charge in [-0.1, -0.05) is 6.42 Å². The molecule has 2 saturated carbocycles. The zero-order chi connectivity index (χ0) is 14.9.